The number of benzene rings is 3. The summed E-state index contributed by atoms with van der Waals surface area (Å²) >= 11 is 6.09. The molecule has 1 N–H and O–H groups in total. The second-order valence-electron chi connectivity index (χ2n) is 8.38. The summed E-state index contributed by atoms with van der Waals surface area (Å²) in [5, 5.41) is 8.33. The molecule has 7 heteroatoms. The first-order valence-electron chi connectivity index (χ1n) is 11.0. The number of carbonyl (C=O) groups excluding carboxylic acids is 2. The van der Waals surface area contributed by atoms with Crippen LogP contribution in [-0.2, 0) is 16.1 Å². The van der Waals surface area contributed by atoms with Gasteiger partial charge in [-0.05, 0) is 35.9 Å². The third kappa shape index (κ3) is 4.32. The minimum absolute atomic E-state index is 0.100. The Bertz CT molecular complexity index is 1350. The van der Waals surface area contributed by atoms with Crippen molar-refractivity contribution in [2.75, 3.05) is 12.4 Å². The molecule has 5 rings (SSSR count). The molecule has 1 atom stereocenters. The van der Waals surface area contributed by atoms with E-state index in [9.17, 15) is 9.59 Å². The number of nitrogens with zero attached hydrogens (tertiary/aromatic N) is 3. The predicted molar refractivity (Wildman–Crippen MR) is 133 cm³/mol. The standard InChI is InChI=1S/C27H23ClN4O2/c1-31(27(34)23-15-25(33)29-24-10-6-5-9-22(23)24)16-19-17-32(21-7-3-2-4-8-21)30-26(19)18-11-13-20(28)14-12-18/h2-14,17,23H,15-16H2,1H3,(H,29,33). The van der Waals surface area contributed by atoms with Crippen LogP contribution in [0.3, 0.4) is 0 Å². The molecule has 2 amide bonds. The van der Waals surface area contributed by atoms with Crippen LogP contribution in [0.5, 0.6) is 0 Å². The van der Waals surface area contributed by atoms with Gasteiger partial charge in [0.1, 0.15) is 0 Å². The third-order valence-electron chi connectivity index (χ3n) is 6.01. The van der Waals surface area contributed by atoms with Crippen molar-refractivity contribution in [3.63, 3.8) is 0 Å². The summed E-state index contributed by atoms with van der Waals surface area (Å²) in [5.41, 5.74) is 5.06. The summed E-state index contributed by atoms with van der Waals surface area (Å²) in [7, 11) is 1.77. The van der Waals surface area contributed by atoms with Crippen molar-refractivity contribution in [2.24, 2.45) is 0 Å². The number of halogens is 1. The fourth-order valence-electron chi connectivity index (χ4n) is 4.32. The van der Waals surface area contributed by atoms with Crippen LogP contribution in [0.1, 0.15) is 23.5 Å². The number of amides is 2. The fourth-order valence-corrected chi connectivity index (χ4v) is 4.45. The number of hydrogen-bond donors (Lipinski definition) is 1. The molecule has 1 unspecified atom stereocenters. The van der Waals surface area contributed by atoms with E-state index in [1.165, 1.54) is 0 Å². The molecule has 0 saturated heterocycles. The van der Waals surface area contributed by atoms with E-state index in [0.29, 0.717) is 17.3 Å². The minimum Gasteiger partial charge on any atom is -0.341 e. The van der Waals surface area contributed by atoms with Crippen LogP contribution < -0.4 is 5.32 Å². The number of nitrogens with one attached hydrogen (secondary N) is 1. The summed E-state index contributed by atoms with van der Waals surface area (Å²) in [6.07, 6.45) is 2.08. The third-order valence-corrected chi connectivity index (χ3v) is 6.26. The molecule has 4 aromatic rings. The SMILES string of the molecule is CN(Cc1cn(-c2ccccc2)nc1-c1ccc(Cl)cc1)C(=O)C1CC(=O)Nc2ccccc21. The van der Waals surface area contributed by atoms with Gasteiger partial charge in [-0.15, -0.1) is 0 Å². The number of rotatable bonds is 5. The summed E-state index contributed by atoms with van der Waals surface area (Å²) in [6, 6.07) is 24.8. The van der Waals surface area contributed by atoms with E-state index < -0.39 is 5.92 Å². The lowest BCUT2D eigenvalue weighted by Gasteiger charge is -2.28. The van der Waals surface area contributed by atoms with Gasteiger partial charge in [-0.25, -0.2) is 4.68 Å². The highest BCUT2D eigenvalue weighted by molar-refractivity contribution is 6.30. The molecule has 0 aliphatic carbocycles. The second kappa shape index (κ2) is 9.15. The summed E-state index contributed by atoms with van der Waals surface area (Å²) < 4.78 is 1.82. The monoisotopic (exact) mass is 470 g/mol. The van der Waals surface area contributed by atoms with Gasteiger partial charge in [0.05, 0.1) is 17.3 Å². The number of likely N-dealkylation sites (N-methyl/N-ethyl adjacent to an activating group) is 1. The van der Waals surface area contributed by atoms with E-state index in [2.05, 4.69) is 5.32 Å². The van der Waals surface area contributed by atoms with Gasteiger partial charge in [-0.1, -0.05) is 60.1 Å². The highest BCUT2D eigenvalue weighted by Crippen LogP contribution is 2.34. The molecule has 3 aromatic carbocycles. The average Bonchev–Trinajstić information content (AvgIpc) is 3.27. The molecular formula is C27H23ClN4O2. The molecule has 1 aliphatic rings. The van der Waals surface area contributed by atoms with Crippen molar-refractivity contribution in [3.05, 3.63) is 101 Å². The van der Waals surface area contributed by atoms with Crippen LogP contribution in [-0.4, -0.2) is 33.5 Å². The van der Waals surface area contributed by atoms with Gasteiger partial charge in [0.25, 0.3) is 0 Å². The van der Waals surface area contributed by atoms with Gasteiger partial charge >= 0.3 is 0 Å². The van der Waals surface area contributed by atoms with Gasteiger partial charge in [-0.3, -0.25) is 9.59 Å². The summed E-state index contributed by atoms with van der Waals surface area (Å²) in [6.45, 7) is 0.351. The largest absolute Gasteiger partial charge is 0.341 e. The molecular weight excluding hydrogens is 448 g/mol. The number of aromatic nitrogens is 2. The van der Waals surface area contributed by atoms with Crippen molar-refractivity contribution in [1.82, 2.24) is 14.7 Å². The van der Waals surface area contributed by atoms with E-state index in [-0.39, 0.29) is 18.2 Å². The van der Waals surface area contributed by atoms with Crippen molar-refractivity contribution < 1.29 is 9.59 Å². The molecule has 0 spiro atoms. The van der Waals surface area contributed by atoms with Crippen LogP contribution in [0, 0.1) is 0 Å². The van der Waals surface area contributed by atoms with Crippen molar-refractivity contribution >= 4 is 29.1 Å². The van der Waals surface area contributed by atoms with E-state index in [1.54, 1.807) is 11.9 Å². The zero-order valence-corrected chi connectivity index (χ0v) is 19.4. The Balaban J connectivity index is 1.47. The minimum atomic E-state index is -0.516. The van der Waals surface area contributed by atoms with E-state index in [1.807, 2.05) is 89.7 Å². The molecule has 2 heterocycles. The normalized spacial score (nSPS) is 14.9. The second-order valence-corrected chi connectivity index (χ2v) is 8.81. The van der Waals surface area contributed by atoms with E-state index >= 15 is 0 Å². The average molecular weight is 471 g/mol. The highest BCUT2D eigenvalue weighted by atomic mass is 35.5. The first-order chi connectivity index (χ1) is 16.5. The first-order valence-corrected chi connectivity index (χ1v) is 11.4. The van der Waals surface area contributed by atoms with Gasteiger partial charge < -0.3 is 10.2 Å². The predicted octanol–water partition coefficient (Wildman–Crippen LogP) is 5.28. The smallest absolute Gasteiger partial charge is 0.230 e. The van der Waals surface area contributed by atoms with Gasteiger partial charge in [0.15, 0.2) is 0 Å². The molecule has 0 saturated carbocycles. The maximum Gasteiger partial charge on any atom is 0.230 e. The topological polar surface area (TPSA) is 67.2 Å². The highest BCUT2D eigenvalue weighted by Gasteiger charge is 2.32. The molecule has 0 fully saturated rings. The Hall–Kier alpha value is -3.90. The Kier molecular flexibility index (Phi) is 5.90. The summed E-state index contributed by atoms with van der Waals surface area (Å²) in [4.78, 5) is 27.4. The Morgan fingerprint density at radius 1 is 1.06 bits per heavy atom. The molecule has 0 bridgehead atoms. The molecule has 34 heavy (non-hydrogen) atoms. The number of anilines is 1. The zero-order valence-electron chi connectivity index (χ0n) is 18.6. The van der Waals surface area contributed by atoms with Crippen LogP contribution in [0.2, 0.25) is 5.02 Å². The maximum atomic E-state index is 13.5. The van der Waals surface area contributed by atoms with Crippen molar-refractivity contribution in [2.45, 2.75) is 18.9 Å². The molecule has 1 aromatic heterocycles. The number of carbonyl (C=O) groups is 2. The molecule has 170 valence electrons. The van der Waals surface area contributed by atoms with Crippen LogP contribution in [0.25, 0.3) is 16.9 Å². The summed E-state index contributed by atoms with van der Waals surface area (Å²) in [5.74, 6) is -0.765. The van der Waals surface area contributed by atoms with E-state index in [4.69, 9.17) is 16.7 Å². The molecule has 1 aliphatic heterocycles. The van der Waals surface area contributed by atoms with Crippen molar-refractivity contribution in [1.29, 1.82) is 0 Å². The number of para-hydroxylation sites is 2. The Morgan fingerprint density at radius 2 is 1.76 bits per heavy atom. The van der Waals surface area contributed by atoms with Gasteiger partial charge in [0, 0.05) is 48.0 Å². The lowest BCUT2D eigenvalue weighted by Crippen LogP contribution is -2.36. The lowest BCUT2D eigenvalue weighted by atomic mass is 9.89. The quantitative estimate of drug-likeness (QED) is 0.431. The van der Waals surface area contributed by atoms with Gasteiger partial charge in [-0.2, -0.15) is 5.10 Å². The van der Waals surface area contributed by atoms with Crippen LogP contribution >= 0.6 is 11.6 Å². The van der Waals surface area contributed by atoms with Gasteiger partial charge in [0.2, 0.25) is 11.8 Å². The first kappa shape index (κ1) is 21.9. The molecule has 6 nitrogen and oxygen atoms in total. The van der Waals surface area contributed by atoms with Crippen LogP contribution in [0.15, 0.2) is 85.1 Å². The van der Waals surface area contributed by atoms with Crippen LogP contribution in [0.4, 0.5) is 5.69 Å². The Labute approximate surface area is 202 Å². The maximum absolute atomic E-state index is 13.5. The molecule has 0 radical (unpaired) electrons. The fraction of sp³-hybridized carbons (Fsp3) is 0.148. The lowest BCUT2D eigenvalue weighted by molar-refractivity contribution is -0.134. The van der Waals surface area contributed by atoms with E-state index in [0.717, 1.165) is 28.1 Å². The number of fused-ring (bicyclic) bond motifs is 1. The number of hydrogen-bond acceptors (Lipinski definition) is 3. The zero-order chi connectivity index (χ0) is 23.7. The van der Waals surface area contributed by atoms with Crippen molar-refractivity contribution in [3.8, 4) is 16.9 Å². The Morgan fingerprint density at radius 3 is 2.53 bits per heavy atom.